The molecule has 0 amide bonds. The highest BCUT2D eigenvalue weighted by atomic mass is 32.2. The van der Waals surface area contributed by atoms with Crippen LogP contribution in [0.3, 0.4) is 0 Å². The predicted octanol–water partition coefficient (Wildman–Crippen LogP) is 2.72. The summed E-state index contributed by atoms with van der Waals surface area (Å²) in [5.41, 5.74) is 2.69. The average Bonchev–Trinajstić information content (AvgIpc) is 3.08. The van der Waals surface area contributed by atoms with Crippen molar-refractivity contribution in [1.82, 2.24) is 10.3 Å². The van der Waals surface area contributed by atoms with Crippen molar-refractivity contribution in [1.29, 1.82) is 0 Å². The zero-order valence-electron chi connectivity index (χ0n) is 14.1. The van der Waals surface area contributed by atoms with Gasteiger partial charge in [0.1, 0.15) is 5.03 Å². The number of aryl methyl sites for hydroxylation is 1. The number of nitrogens with one attached hydrogen (secondary N) is 2. The number of benzene rings is 2. The predicted molar refractivity (Wildman–Crippen MR) is 100 cm³/mol. The van der Waals surface area contributed by atoms with Crippen LogP contribution in [-0.2, 0) is 9.84 Å². The first-order valence-corrected chi connectivity index (χ1v) is 9.94. The highest BCUT2D eigenvalue weighted by Gasteiger charge is 2.23. The Balaban J connectivity index is 1.83. The van der Waals surface area contributed by atoms with Gasteiger partial charge in [-0.2, -0.15) is 0 Å². The van der Waals surface area contributed by atoms with Crippen LogP contribution >= 0.6 is 0 Å². The summed E-state index contributed by atoms with van der Waals surface area (Å²) in [4.78, 5) is 5.77. The highest BCUT2D eigenvalue weighted by Crippen LogP contribution is 2.32. The SMILES string of the molecule is Cc1ccccc1S(=O)(=O)c1cc2c(N3CCNCC3)cccc2[nH]1. The van der Waals surface area contributed by atoms with Gasteiger partial charge in [-0.25, -0.2) is 8.42 Å². The number of aromatic nitrogens is 1. The third-order valence-electron chi connectivity index (χ3n) is 4.75. The molecule has 1 fully saturated rings. The molecule has 0 aliphatic carbocycles. The van der Waals surface area contributed by atoms with E-state index in [1.807, 2.05) is 31.2 Å². The van der Waals surface area contributed by atoms with Gasteiger partial charge in [0.2, 0.25) is 9.84 Å². The number of piperazine rings is 1. The summed E-state index contributed by atoms with van der Waals surface area (Å²) in [6, 6.07) is 14.8. The quantitative estimate of drug-likeness (QED) is 0.758. The monoisotopic (exact) mass is 355 g/mol. The van der Waals surface area contributed by atoms with Crippen LogP contribution in [0.2, 0.25) is 0 Å². The maximum Gasteiger partial charge on any atom is 0.222 e. The Bertz CT molecular complexity index is 1020. The number of nitrogens with zero attached hydrogens (tertiary/aromatic N) is 1. The lowest BCUT2D eigenvalue weighted by atomic mass is 10.2. The van der Waals surface area contributed by atoms with Crippen molar-refractivity contribution in [3.05, 3.63) is 54.1 Å². The molecular weight excluding hydrogens is 334 g/mol. The first kappa shape index (κ1) is 16.2. The molecule has 0 spiro atoms. The Morgan fingerprint density at radius 3 is 2.52 bits per heavy atom. The van der Waals surface area contributed by atoms with Crippen LogP contribution in [0.5, 0.6) is 0 Å². The fourth-order valence-corrected chi connectivity index (χ4v) is 4.92. The lowest BCUT2D eigenvalue weighted by molar-refractivity contribution is 0.590. The zero-order valence-corrected chi connectivity index (χ0v) is 14.9. The summed E-state index contributed by atoms with van der Waals surface area (Å²) >= 11 is 0. The minimum Gasteiger partial charge on any atom is -0.368 e. The molecule has 5 nitrogen and oxygen atoms in total. The van der Waals surface area contributed by atoms with Crippen molar-refractivity contribution >= 4 is 26.4 Å². The lowest BCUT2D eigenvalue weighted by Crippen LogP contribution is -2.43. The summed E-state index contributed by atoms with van der Waals surface area (Å²) in [7, 11) is -3.57. The molecule has 130 valence electrons. The number of sulfone groups is 1. The number of rotatable bonds is 3. The van der Waals surface area contributed by atoms with Crippen molar-refractivity contribution in [3.63, 3.8) is 0 Å². The number of hydrogen-bond donors (Lipinski definition) is 2. The van der Waals surface area contributed by atoms with Crippen LogP contribution in [0, 0.1) is 6.92 Å². The molecule has 1 aromatic heterocycles. The molecule has 3 aromatic rings. The molecule has 1 saturated heterocycles. The molecule has 0 saturated carbocycles. The molecule has 4 rings (SSSR count). The zero-order chi connectivity index (χ0) is 17.4. The van der Waals surface area contributed by atoms with Gasteiger partial charge in [0.25, 0.3) is 0 Å². The maximum atomic E-state index is 13.1. The molecule has 0 radical (unpaired) electrons. The summed E-state index contributed by atoms with van der Waals surface area (Å²) < 4.78 is 26.1. The molecule has 6 heteroatoms. The first-order chi connectivity index (χ1) is 12.1. The summed E-state index contributed by atoms with van der Waals surface area (Å²) in [6.07, 6.45) is 0. The molecule has 1 aliphatic rings. The van der Waals surface area contributed by atoms with Gasteiger partial charge in [0.15, 0.2) is 0 Å². The minimum atomic E-state index is -3.57. The van der Waals surface area contributed by atoms with Crippen molar-refractivity contribution in [3.8, 4) is 0 Å². The van der Waals surface area contributed by atoms with E-state index in [0.717, 1.165) is 48.3 Å². The summed E-state index contributed by atoms with van der Waals surface area (Å²) in [5.74, 6) is 0. The van der Waals surface area contributed by atoms with E-state index in [0.29, 0.717) is 4.90 Å². The average molecular weight is 355 g/mol. The largest absolute Gasteiger partial charge is 0.368 e. The van der Waals surface area contributed by atoms with Crippen molar-refractivity contribution < 1.29 is 8.42 Å². The van der Waals surface area contributed by atoms with E-state index >= 15 is 0 Å². The van der Waals surface area contributed by atoms with Gasteiger partial charge in [-0.15, -0.1) is 0 Å². The molecule has 2 aromatic carbocycles. The van der Waals surface area contributed by atoms with E-state index in [9.17, 15) is 8.42 Å². The summed E-state index contributed by atoms with van der Waals surface area (Å²) in [6.45, 7) is 5.54. The minimum absolute atomic E-state index is 0.249. The Kier molecular flexibility index (Phi) is 4.01. The van der Waals surface area contributed by atoms with E-state index in [2.05, 4.69) is 21.3 Å². The number of aromatic amines is 1. The van der Waals surface area contributed by atoms with E-state index in [4.69, 9.17) is 0 Å². The van der Waals surface area contributed by atoms with E-state index in [1.165, 1.54) is 0 Å². The first-order valence-electron chi connectivity index (χ1n) is 8.45. The molecule has 0 atom stereocenters. The van der Waals surface area contributed by atoms with Crippen LogP contribution in [0.4, 0.5) is 5.69 Å². The van der Waals surface area contributed by atoms with Gasteiger partial charge >= 0.3 is 0 Å². The molecule has 0 bridgehead atoms. The topological polar surface area (TPSA) is 65.2 Å². The van der Waals surface area contributed by atoms with Crippen molar-refractivity contribution in [2.24, 2.45) is 0 Å². The highest BCUT2D eigenvalue weighted by molar-refractivity contribution is 7.91. The van der Waals surface area contributed by atoms with Gasteiger partial charge < -0.3 is 15.2 Å². The van der Waals surface area contributed by atoms with Gasteiger partial charge in [-0.1, -0.05) is 24.3 Å². The van der Waals surface area contributed by atoms with E-state index < -0.39 is 9.84 Å². The molecule has 25 heavy (non-hydrogen) atoms. The Hall–Kier alpha value is -2.31. The summed E-state index contributed by atoms with van der Waals surface area (Å²) in [5, 5.41) is 4.55. The molecule has 1 aliphatic heterocycles. The smallest absolute Gasteiger partial charge is 0.222 e. The fourth-order valence-electron chi connectivity index (χ4n) is 3.42. The Labute approximate surface area is 147 Å². The normalized spacial score (nSPS) is 15.6. The second kappa shape index (κ2) is 6.20. The van der Waals surface area contributed by atoms with Crippen molar-refractivity contribution in [2.75, 3.05) is 31.1 Å². The maximum absolute atomic E-state index is 13.1. The molecular formula is C19H21N3O2S. The van der Waals surface area contributed by atoms with Crippen LogP contribution in [0.1, 0.15) is 5.56 Å². The molecule has 0 unspecified atom stereocenters. The van der Waals surface area contributed by atoms with E-state index in [1.54, 1.807) is 18.2 Å². The van der Waals surface area contributed by atoms with Crippen LogP contribution in [-0.4, -0.2) is 39.6 Å². The third-order valence-corrected chi connectivity index (χ3v) is 6.58. The number of H-pyrrole nitrogens is 1. The Morgan fingerprint density at radius 2 is 1.76 bits per heavy atom. The fraction of sp³-hybridized carbons (Fsp3) is 0.263. The number of anilines is 1. The van der Waals surface area contributed by atoms with Crippen molar-refractivity contribution in [2.45, 2.75) is 16.8 Å². The second-order valence-corrected chi connectivity index (χ2v) is 8.26. The van der Waals surface area contributed by atoms with Crippen LogP contribution in [0.25, 0.3) is 10.9 Å². The van der Waals surface area contributed by atoms with E-state index in [-0.39, 0.29) is 5.03 Å². The lowest BCUT2D eigenvalue weighted by Gasteiger charge is -2.30. The van der Waals surface area contributed by atoms with Gasteiger partial charge in [-0.3, -0.25) is 0 Å². The van der Waals surface area contributed by atoms with Gasteiger partial charge in [-0.05, 0) is 36.8 Å². The standard InChI is InChI=1S/C19H21N3O2S/c1-14-5-2-3-8-18(14)25(23,24)19-13-15-16(21-19)6-4-7-17(15)22-11-9-20-10-12-22/h2-8,13,20-21H,9-12H2,1H3. The van der Waals surface area contributed by atoms with Gasteiger partial charge in [0.05, 0.1) is 4.90 Å². The number of fused-ring (bicyclic) bond motifs is 1. The Morgan fingerprint density at radius 1 is 1.00 bits per heavy atom. The second-order valence-electron chi connectivity index (χ2n) is 6.38. The van der Waals surface area contributed by atoms with Crippen LogP contribution in [0.15, 0.2) is 58.5 Å². The van der Waals surface area contributed by atoms with Crippen LogP contribution < -0.4 is 10.2 Å². The number of hydrogen-bond acceptors (Lipinski definition) is 4. The van der Waals surface area contributed by atoms with Gasteiger partial charge in [0, 0.05) is 42.8 Å². The molecule has 2 N–H and O–H groups in total. The molecule has 2 heterocycles. The third kappa shape index (κ3) is 2.81.